The van der Waals surface area contributed by atoms with Gasteiger partial charge in [-0.1, -0.05) is 6.92 Å². The summed E-state index contributed by atoms with van der Waals surface area (Å²) in [5, 5.41) is 8.90. The highest BCUT2D eigenvalue weighted by molar-refractivity contribution is 6.87. The average molecular weight is 325 g/mol. The molecule has 1 atom stereocenters. The van der Waals surface area contributed by atoms with Gasteiger partial charge < -0.3 is 18.1 Å². The van der Waals surface area contributed by atoms with E-state index in [-0.39, 0.29) is 12.3 Å². The molecular weight excluding hydrogens is 292 g/mol. The molecule has 0 spiro atoms. The van der Waals surface area contributed by atoms with E-state index in [1.165, 1.54) is 0 Å². The Morgan fingerprint density at radius 3 is 1.84 bits per heavy atom. The summed E-state index contributed by atoms with van der Waals surface area (Å²) in [7, 11) is -5.68. The van der Waals surface area contributed by atoms with E-state index >= 15 is 0 Å². The first-order chi connectivity index (χ1) is 8.43. The molecule has 7 heteroatoms. The van der Waals surface area contributed by atoms with Crippen LogP contribution in [0, 0.1) is 0 Å². The summed E-state index contributed by atoms with van der Waals surface area (Å²) in [5.41, 5.74) is 0.108. The van der Waals surface area contributed by atoms with Gasteiger partial charge in [0.05, 0.1) is 18.9 Å². The summed E-state index contributed by atoms with van der Waals surface area (Å²) >= 11 is 0. The summed E-state index contributed by atoms with van der Waals surface area (Å²) in [6, 6.07) is 0. The van der Waals surface area contributed by atoms with Crippen molar-refractivity contribution in [3.8, 4) is 0 Å². The minimum atomic E-state index is -2.11. The number of aliphatic hydroxyl groups is 1. The number of hydrogen-bond acceptors (Lipinski definition) is 4. The second kappa shape index (κ2) is 7.49. The SMILES string of the molecule is CCC(OCCO)[Si](C)(C)O[Si](C)(C)O[Si](C)(C)C. The van der Waals surface area contributed by atoms with Gasteiger partial charge in [0.1, 0.15) is 0 Å². The monoisotopic (exact) mass is 324 g/mol. The molecule has 1 unspecified atom stereocenters. The molecule has 0 amide bonds. The molecule has 0 aliphatic heterocycles. The first-order valence-electron chi connectivity index (χ1n) is 7.06. The van der Waals surface area contributed by atoms with Crippen molar-refractivity contribution in [2.24, 2.45) is 0 Å². The quantitative estimate of drug-likeness (QED) is 0.662. The fourth-order valence-electron chi connectivity index (χ4n) is 2.46. The second-order valence-corrected chi connectivity index (χ2v) is 19.3. The van der Waals surface area contributed by atoms with Crippen molar-refractivity contribution < 1.29 is 18.1 Å². The number of rotatable bonds is 9. The summed E-state index contributed by atoms with van der Waals surface area (Å²) < 4.78 is 18.4. The molecule has 0 aromatic rings. The van der Waals surface area contributed by atoms with Gasteiger partial charge in [-0.15, -0.1) is 0 Å². The van der Waals surface area contributed by atoms with Crippen LogP contribution >= 0.6 is 0 Å². The van der Waals surface area contributed by atoms with Crippen molar-refractivity contribution in [2.45, 2.75) is 64.9 Å². The fraction of sp³-hybridized carbons (Fsp3) is 1.00. The average Bonchev–Trinajstić information content (AvgIpc) is 2.12. The maximum absolute atomic E-state index is 8.90. The third-order valence-electron chi connectivity index (χ3n) is 2.62. The van der Waals surface area contributed by atoms with E-state index in [9.17, 15) is 0 Å². The van der Waals surface area contributed by atoms with Gasteiger partial charge in [-0.3, -0.25) is 0 Å². The minimum Gasteiger partial charge on any atom is -0.437 e. The Bertz CT molecular complexity index is 264. The molecule has 1 N–H and O–H groups in total. The summed E-state index contributed by atoms with van der Waals surface area (Å²) in [4.78, 5) is 0. The molecule has 0 aromatic heterocycles. The predicted molar refractivity (Wildman–Crippen MR) is 87.6 cm³/mol. The van der Waals surface area contributed by atoms with E-state index in [1.54, 1.807) is 0 Å². The van der Waals surface area contributed by atoms with Crippen LogP contribution in [0.1, 0.15) is 13.3 Å². The molecule has 0 aliphatic carbocycles. The van der Waals surface area contributed by atoms with Crippen molar-refractivity contribution in [1.82, 2.24) is 0 Å². The van der Waals surface area contributed by atoms with Gasteiger partial charge in [-0.25, -0.2) is 0 Å². The summed E-state index contributed by atoms with van der Waals surface area (Å²) in [5.74, 6) is 0. The smallest absolute Gasteiger partial charge is 0.311 e. The highest BCUT2D eigenvalue weighted by Gasteiger charge is 2.42. The molecule has 0 aliphatic rings. The Morgan fingerprint density at radius 2 is 1.47 bits per heavy atom. The zero-order chi connectivity index (χ0) is 15.3. The molecule has 0 rings (SSSR count). The Morgan fingerprint density at radius 1 is 0.947 bits per heavy atom. The minimum absolute atomic E-state index is 0.0627. The van der Waals surface area contributed by atoms with E-state index in [1.807, 2.05) is 0 Å². The zero-order valence-corrected chi connectivity index (χ0v) is 16.9. The molecule has 4 nitrogen and oxygen atoms in total. The molecule has 0 bridgehead atoms. The van der Waals surface area contributed by atoms with Gasteiger partial charge in [-0.2, -0.15) is 0 Å². The van der Waals surface area contributed by atoms with Crippen LogP contribution in [0.3, 0.4) is 0 Å². The first-order valence-corrected chi connectivity index (χ1v) is 16.3. The lowest BCUT2D eigenvalue weighted by molar-refractivity contribution is 0.0566. The fourth-order valence-corrected chi connectivity index (χ4v) is 16.0. The van der Waals surface area contributed by atoms with Crippen molar-refractivity contribution in [2.75, 3.05) is 13.2 Å². The van der Waals surface area contributed by atoms with Crippen LogP contribution in [0.25, 0.3) is 0 Å². The van der Waals surface area contributed by atoms with E-state index < -0.39 is 25.2 Å². The normalized spacial score (nSPS) is 15.6. The van der Waals surface area contributed by atoms with Crippen LogP contribution in [0.15, 0.2) is 0 Å². The van der Waals surface area contributed by atoms with E-state index in [2.05, 4.69) is 52.8 Å². The molecule has 0 saturated carbocycles. The van der Waals surface area contributed by atoms with E-state index in [0.29, 0.717) is 6.61 Å². The molecule has 0 fully saturated rings. The highest BCUT2D eigenvalue weighted by atomic mass is 28.5. The first kappa shape index (κ1) is 19.5. The van der Waals surface area contributed by atoms with Crippen LogP contribution in [0.5, 0.6) is 0 Å². The van der Waals surface area contributed by atoms with Gasteiger partial charge in [0, 0.05) is 0 Å². The van der Waals surface area contributed by atoms with Gasteiger partial charge in [0.15, 0.2) is 8.32 Å². The number of ether oxygens (including phenoxy) is 1. The van der Waals surface area contributed by atoms with Crippen molar-refractivity contribution in [3.05, 3.63) is 0 Å². The molecule has 0 radical (unpaired) electrons. The van der Waals surface area contributed by atoms with Crippen LogP contribution in [0.2, 0.25) is 45.8 Å². The predicted octanol–water partition coefficient (Wildman–Crippen LogP) is 3.09. The molecule has 0 aromatic carbocycles. The van der Waals surface area contributed by atoms with Gasteiger partial charge in [0.25, 0.3) is 0 Å². The maximum atomic E-state index is 8.90. The Labute approximate surface area is 122 Å². The van der Waals surface area contributed by atoms with Gasteiger partial charge in [0.2, 0.25) is 8.32 Å². The lowest BCUT2D eigenvalue weighted by atomic mass is 10.5. The molecule has 116 valence electrons. The highest BCUT2D eigenvalue weighted by Crippen LogP contribution is 2.24. The van der Waals surface area contributed by atoms with Crippen LogP contribution in [0.4, 0.5) is 0 Å². The summed E-state index contributed by atoms with van der Waals surface area (Å²) in [6.45, 7) is 17.7. The van der Waals surface area contributed by atoms with Crippen molar-refractivity contribution >= 4 is 25.2 Å². The van der Waals surface area contributed by atoms with Crippen molar-refractivity contribution in [3.63, 3.8) is 0 Å². The molecule has 0 heterocycles. The van der Waals surface area contributed by atoms with Crippen LogP contribution in [-0.4, -0.2) is 49.2 Å². The largest absolute Gasteiger partial charge is 0.437 e. The topological polar surface area (TPSA) is 47.9 Å². The standard InChI is InChI=1S/C12H32O4Si3/c1-9-12(14-11-10-13)18(5,6)16-19(7,8)15-17(2,3)4/h12-13H,9-11H2,1-8H3. The van der Waals surface area contributed by atoms with Gasteiger partial charge >= 0.3 is 8.56 Å². The lowest BCUT2D eigenvalue weighted by Gasteiger charge is -2.40. The second-order valence-electron chi connectivity index (χ2n) is 6.81. The van der Waals surface area contributed by atoms with E-state index in [0.717, 1.165) is 6.42 Å². The third-order valence-corrected chi connectivity index (χ3v) is 13.2. The van der Waals surface area contributed by atoms with Crippen LogP contribution in [-0.2, 0) is 13.0 Å². The number of hydrogen-bond donors (Lipinski definition) is 1. The van der Waals surface area contributed by atoms with Gasteiger partial charge in [-0.05, 0) is 52.2 Å². The lowest BCUT2D eigenvalue weighted by Crippen LogP contribution is -2.57. The molecule has 0 saturated heterocycles. The number of aliphatic hydroxyl groups excluding tert-OH is 1. The Hall–Kier alpha value is 0.491. The Kier molecular flexibility index (Phi) is 7.68. The molecular formula is C12H32O4Si3. The maximum Gasteiger partial charge on any atom is 0.311 e. The zero-order valence-electron chi connectivity index (χ0n) is 13.9. The van der Waals surface area contributed by atoms with E-state index in [4.69, 9.17) is 18.1 Å². The summed E-state index contributed by atoms with van der Waals surface area (Å²) in [6.07, 6.45) is 0.913. The van der Waals surface area contributed by atoms with Crippen LogP contribution < -0.4 is 0 Å². The van der Waals surface area contributed by atoms with Crippen molar-refractivity contribution in [1.29, 1.82) is 0 Å². The Balaban J connectivity index is 4.71. The molecule has 19 heavy (non-hydrogen) atoms. The third kappa shape index (κ3) is 8.38.